The first-order valence-corrected chi connectivity index (χ1v) is 10.0. The molecule has 3 atom stereocenters. The Labute approximate surface area is 154 Å². The number of rotatable bonds is 5. The highest BCUT2D eigenvalue weighted by molar-refractivity contribution is 7.99. The van der Waals surface area contributed by atoms with Gasteiger partial charge in [-0.1, -0.05) is 44.2 Å². The Morgan fingerprint density at radius 2 is 1.88 bits per heavy atom. The summed E-state index contributed by atoms with van der Waals surface area (Å²) in [5.74, 6) is 1.22. The number of aliphatic hydroxyl groups excluding tert-OH is 1. The molecule has 0 aromatic heterocycles. The van der Waals surface area contributed by atoms with E-state index >= 15 is 0 Å². The second-order valence-electron chi connectivity index (χ2n) is 6.90. The fourth-order valence-corrected chi connectivity index (χ4v) is 4.85. The van der Waals surface area contributed by atoms with Crippen molar-refractivity contribution < 1.29 is 10.2 Å². The minimum absolute atomic E-state index is 0.0517. The standard InChI is InChI=1S/C21H27NO2S/c1-3-16(23)13-21(4-2)14-25-19-8-6-5-7-18(19)20(22-21)15-9-11-17(24)12-10-15/h5-12,16,20,22-24H,3-4,13-14H2,1-2H3/t16-,20-,21-/m0/s1. The van der Waals surface area contributed by atoms with E-state index in [1.54, 1.807) is 12.1 Å². The molecule has 0 fully saturated rings. The lowest BCUT2D eigenvalue weighted by molar-refractivity contribution is 0.116. The molecule has 3 rings (SSSR count). The van der Waals surface area contributed by atoms with E-state index in [4.69, 9.17) is 0 Å². The molecule has 134 valence electrons. The molecule has 0 aliphatic carbocycles. The Balaban J connectivity index is 2.02. The molecule has 0 bridgehead atoms. The van der Waals surface area contributed by atoms with Gasteiger partial charge in [0.25, 0.3) is 0 Å². The average Bonchev–Trinajstić information content (AvgIpc) is 2.80. The van der Waals surface area contributed by atoms with Crippen molar-refractivity contribution in [3.8, 4) is 5.75 Å². The molecule has 4 heteroatoms. The van der Waals surface area contributed by atoms with Crippen molar-refractivity contribution in [1.29, 1.82) is 0 Å². The number of hydrogen-bond donors (Lipinski definition) is 3. The zero-order valence-corrected chi connectivity index (χ0v) is 15.7. The highest BCUT2D eigenvalue weighted by Gasteiger charge is 2.37. The van der Waals surface area contributed by atoms with Crippen molar-refractivity contribution in [3.05, 3.63) is 59.7 Å². The number of benzene rings is 2. The number of aromatic hydroxyl groups is 1. The van der Waals surface area contributed by atoms with Gasteiger partial charge >= 0.3 is 0 Å². The van der Waals surface area contributed by atoms with Gasteiger partial charge in [0.2, 0.25) is 0 Å². The quantitative estimate of drug-likeness (QED) is 0.738. The van der Waals surface area contributed by atoms with E-state index in [0.29, 0.717) is 0 Å². The average molecular weight is 358 g/mol. The molecular formula is C21H27NO2S. The highest BCUT2D eigenvalue weighted by atomic mass is 32.2. The van der Waals surface area contributed by atoms with Crippen LogP contribution in [0, 0.1) is 0 Å². The van der Waals surface area contributed by atoms with Crippen LogP contribution in [0.3, 0.4) is 0 Å². The third-order valence-electron chi connectivity index (χ3n) is 5.19. The van der Waals surface area contributed by atoms with E-state index in [9.17, 15) is 10.2 Å². The van der Waals surface area contributed by atoms with E-state index in [1.807, 2.05) is 30.8 Å². The van der Waals surface area contributed by atoms with E-state index < -0.39 is 0 Å². The molecule has 0 saturated carbocycles. The van der Waals surface area contributed by atoms with E-state index in [1.165, 1.54) is 10.5 Å². The molecule has 1 aliphatic heterocycles. The topological polar surface area (TPSA) is 52.5 Å². The van der Waals surface area contributed by atoms with Crippen molar-refractivity contribution in [3.63, 3.8) is 0 Å². The lowest BCUT2D eigenvalue weighted by Crippen LogP contribution is -2.50. The number of nitrogens with one attached hydrogen (secondary N) is 1. The summed E-state index contributed by atoms with van der Waals surface area (Å²) in [6.07, 6.45) is 2.18. The van der Waals surface area contributed by atoms with Crippen molar-refractivity contribution in [2.45, 2.75) is 55.7 Å². The summed E-state index contributed by atoms with van der Waals surface area (Å²) in [5, 5.41) is 23.8. The van der Waals surface area contributed by atoms with Gasteiger partial charge in [0.15, 0.2) is 0 Å². The molecule has 0 radical (unpaired) electrons. The summed E-state index contributed by atoms with van der Waals surface area (Å²) < 4.78 is 0. The molecular weight excluding hydrogens is 330 g/mol. The van der Waals surface area contributed by atoms with Crippen LogP contribution < -0.4 is 5.32 Å². The van der Waals surface area contributed by atoms with E-state index in [0.717, 1.165) is 30.6 Å². The third kappa shape index (κ3) is 4.02. The molecule has 0 spiro atoms. The predicted molar refractivity (Wildman–Crippen MR) is 104 cm³/mol. The van der Waals surface area contributed by atoms with Gasteiger partial charge in [-0.15, -0.1) is 11.8 Å². The summed E-state index contributed by atoms with van der Waals surface area (Å²) in [7, 11) is 0. The van der Waals surface area contributed by atoms with Gasteiger partial charge in [0.05, 0.1) is 12.1 Å². The second-order valence-corrected chi connectivity index (χ2v) is 7.91. The van der Waals surface area contributed by atoms with Crippen LogP contribution in [0.15, 0.2) is 53.4 Å². The van der Waals surface area contributed by atoms with Crippen LogP contribution in [0.4, 0.5) is 0 Å². The van der Waals surface area contributed by atoms with Crippen molar-refractivity contribution in [1.82, 2.24) is 5.32 Å². The summed E-state index contributed by atoms with van der Waals surface area (Å²) >= 11 is 1.87. The van der Waals surface area contributed by atoms with Crippen LogP contribution >= 0.6 is 11.8 Å². The number of fused-ring (bicyclic) bond motifs is 1. The summed E-state index contributed by atoms with van der Waals surface area (Å²) in [4.78, 5) is 1.29. The van der Waals surface area contributed by atoms with Crippen molar-refractivity contribution in [2.75, 3.05) is 5.75 Å². The molecule has 3 nitrogen and oxygen atoms in total. The lowest BCUT2D eigenvalue weighted by Gasteiger charge is -2.37. The maximum Gasteiger partial charge on any atom is 0.115 e. The van der Waals surface area contributed by atoms with Crippen LogP contribution in [0.5, 0.6) is 5.75 Å². The molecule has 1 heterocycles. The predicted octanol–water partition coefficient (Wildman–Crippen LogP) is 4.49. The zero-order chi connectivity index (χ0) is 17.9. The Kier molecular flexibility index (Phi) is 5.72. The zero-order valence-electron chi connectivity index (χ0n) is 14.9. The number of phenolic OH excluding ortho intramolecular Hbond substituents is 1. The monoisotopic (exact) mass is 357 g/mol. The van der Waals surface area contributed by atoms with Gasteiger partial charge in [-0.25, -0.2) is 0 Å². The first-order chi connectivity index (χ1) is 12.1. The molecule has 1 aliphatic rings. The van der Waals surface area contributed by atoms with Gasteiger partial charge in [-0.2, -0.15) is 0 Å². The smallest absolute Gasteiger partial charge is 0.115 e. The minimum atomic E-state index is -0.297. The van der Waals surface area contributed by atoms with Crippen LogP contribution in [-0.4, -0.2) is 27.6 Å². The van der Waals surface area contributed by atoms with Gasteiger partial charge in [0.1, 0.15) is 5.75 Å². The lowest BCUT2D eigenvalue weighted by atomic mass is 9.87. The number of aliphatic hydroxyl groups is 1. The largest absolute Gasteiger partial charge is 0.508 e. The van der Waals surface area contributed by atoms with Crippen molar-refractivity contribution >= 4 is 11.8 Å². The van der Waals surface area contributed by atoms with Crippen LogP contribution in [0.25, 0.3) is 0 Å². The summed E-state index contributed by atoms with van der Waals surface area (Å²) in [6.45, 7) is 4.23. The Hall–Kier alpha value is -1.49. The minimum Gasteiger partial charge on any atom is -0.508 e. The van der Waals surface area contributed by atoms with Gasteiger partial charge < -0.3 is 10.2 Å². The normalized spacial score (nSPS) is 24.4. The van der Waals surface area contributed by atoms with Crippen LogP contribution in [0.1, 0.15) is 50.3 Å². The first kappa shape index (κ1) is 18.3. The SMILES string of the molecule is CC[C@H](O)C[C@@]1(CC)CSc2ccccc2[C@H](c2ccc(O)cc2)N1. The second kappa shape index (κ2) is 7.81. The molecule has 3 N–H and O–H groups in total. The Morgan fingerprint density at radius 1 is 1.16 bits per heavy atom. The fraction of sp³-hybridized carbons (Fsp3) is 0.429. The summed E-state index contributed by atoms with van der Waals surface area (Å²) in [6, 6.07) is 16.0. The maximum absolute atomic E-state index is 10.3. The summed E-state index contributed by atoms with van der Waals surface area (Å²) in [5.41, 5.74) is 2.28. The van der Waals surface area contributed by atoms with Crippen LogP contribution in [-0.2, 0) is 0 Å². The van der Waals surface area contributed by atoms with Crippen molar-refractivity contribution in [2.24, 2.45) is 0 Å². The number of thioether (sulfide) groups is 1. The third-order valence-corrected chi connectivity index (χ3v) is 6.57. The number of phenols is 1. The highest BCUT2D eigenvalue weighted by Crippen LogP contribution is 2.40. The van der Waals surface area contributed by atoms with Gasteiger partial charge in [-0.3, -0.25) is 5.32 Å². The van der Waals surface area contributed by atoms with Gasteiger partial charge in [-0.05, 0) is 48.6 Å². The van der Waals surface area contributed by atoms with E-state index in [-0.39, 0.29) is 23.4 Å². The molecule has 0 unspecified atom stereocenters. The molecule has 0 saturated heterocycles. The molecule has 0 amide bonds. The Morgan fingerprint density at radius 3 is 2.56 bits per heavy atom. The maximum atomic E-state index is 10.3. The Bertz CT molecular complexity index is 703. The van der Waals surface area contributed by atoms with Crippen LogP contribution in [0.2, 0.25) is 0 Å². The van der Waals surface area contributed by atoms with Gasteiger partial charge in [0, 0.05) is 16.2 Å². The number of hydrogen-bond acceptors (Lipinski definition) is 4. The fourth-order valence-electron chi connectivity index (χ4n) is 3.48. The molecule has 25 heavy (non-hydrogen) atoms. The first-order valence-electron chi connectivity index (χ1n) is 9.03. The molecule has 2 aromatic rings. The molecule has 2 aromatic carbocycles. The van der Waals surface area contributed by atoms with E-state index in [2.05, 4.69) is 36.5 Å².